The van der Waals surface area contributed by atoms with Crippen LogP contribution in [0.1, 0.15) is 33.6 Å². The molecule has 0 bridgehead atoms. The van der Waals surface area contributed by atoms with Crippen molar-refractivity contribution in [3.63, 3.8) is 0 Å². The van der Waals surface area contributed by atoms with Gasteiger partial charge in [-0.2, -0.15) is 0 Å². The molecule has 6 nitrogen and oxygen atoms in total. The van der Waals surface area contributed by atoms with Crippen LogP contribution in [0.4, 0.5) is 0 Å². The van der Waals surface area contributed by atoms with Crippen LogP contribution in [-0.2, 0) is 14.3 Å². The van der Waals surface area contributed by atoms with Crippen LogP contribution in [0.3, 0.4) is 0 Å². The number of ether oxygens (including phenoxy) is 2. The van der Waals surface area contributed by atoms with E-state index in [0.717, 1.165) is 0 Å². The van der Waals surface area contributed by atoms with Crippen molar-refractivity contribution in [2.75, 3.05) is 7.11 Å². The molecule has 1 aromatic carbocycles. The largest absolute Gasteiger partial charge is 0.469 e. The van der Waals surface area contributed by atoms with E-state index in [1.807, 2.05) is 0 Å². The topological polar surface area (TPSA) is 89.9 Å². The van der Waals surface area contributed by atoms with Crippen molar-refractivity contribution in [1.82, 2.24) is 0 Å². The number of hydrogen-bond donors (Lipinski definition) is 1. The summed E-state index contributed by atoms with van der Waals surface area (Å²) in [6, 6.07) is 6.46. The number of benzene rings is 1. The van der Waals surface area contributed by atoms with Gasteiger partial charge in [-0.3, -0.25) is 14.4 Å². The molecule has 114 valence electrons. The van der Waals surface area contributed by atoms with Gasteiger partial charge < -0.3 is 14.6 Å². The standard InChI is InChI=1S/C16H14O6/c1-21-12(17)7-8-6-11-13(16(20)22-8)15(19)10-5-3-2-4-9(10)14(11)18/h2-5,8,16,20H,6-7H2,1H3/t8-,16-/m1/s1. The second-order valence-corrected chi connectivity index (χ2v) is 5.19. The van der Waals surface area contributed by atoms with E-state index >= 15 is 0 Å². The minimum atomic E-state index is -1.51. The van der Waals surface area contributed by atoms with E-state index in [1.54, 1.807) is 24.3 Å². The molecule has 0 unspecified atom stereocenters. The zero-order valence-electron chi connectivity index (χ0n) is 11.9. The van der Waals surface area contributed by atoms with Crippen molar-refractivity contribution in [3.8, 4) is 0 Å². The Morgan fingerprint density at radius 2 is 1.91 bits per heavy atom. The van der Waals surface area contributed by atoms with Gasteiger partial charge in [-0.1, -0.05) is 24.3 Å². The molecule has 2 aliphatic rings. The third-order valence-corrected chi connectivity index (χ3v) is 3.88. The molecule has 1 aliphatic carbocycles. The summed E-state index contributed by atoms with van der Waals surface area (Å²) < 4.78 is 9.85. The first-order valence-corrected chi connectivity index (χ1v) is 6.84. The van der Waals surface area contributed by atoms with Crippen LogP contribution in [0, 0.1) is 0 Å². The molecule has 1 aliphatic heterocycles. The van der Waals surface area contributed by atoms with E-state index in [2.05, 4.69) is 4.74 Å². The number of hydrogen-bond acceptors (Lipinski definition) is 6. The second kappa shape index (κ2) is 5.47. The molecule has 0 aromatic heterocycles. The molecule has 0 fully saturated rings. The minimum absolute atomic E-state index is 0.0233. The summed E-state index contributed by atoms with van der Waals surface area (Å²) >= 11 is 0. The Hall–Kier alpha value is -2.31. The SMILES string of the molecule is COC(=O)C[C@H]1CC2=C(C(=O)c3ccccc3C2=O)[C@H](O)O1. The number of esters is 1. The van der Waals surface area contributed by atoms with Crippen LogP contribution in [0.2, 0.25) is 0 Å². The van der Waals surface area contributed by atoms with Gasteiger partial charge >= 0.3 is 5.97 Å². The third-order valence-electron chi connectivity index (χ3n) is 3.88. The third kappa shape index (κ3) is 2.26. The second-order valence-electron chi connectivity index (χ2n) is 5.19. The van der Waals surface area contributed by atoms with Gasteiger partial charge in [-0.15, -0.1) is 0 Å². The zero-order chi connectivity index (χ0) is 15.9. The molecule has 3 rings (SSSR count). The van der Waals surface area contributed by atoms with Crippen LogP contribution in [0.25, 0.3) is 0 Å². The fourth-order valence-electron chi connectivity index (χ4n) is 2.83. The number of carbonyl (C=O) groups excluding carboxylic acids is 3. The average Bonchev–Trinajstić information content (AvgIpc) is 2.52. The van der Waals surface area contributed by atoms with Gasteiger partial charge in [0, 0.05) is 23.1 Å². The summed E-state index contributed by atoms with van der Waals surface area (Å²) in [6.45, 7) is 0. The number of methoxy groups -OCH3 is 1. The first-order chi connectivity index (χ1) is 10.5. The molecule has 22 heavy (non-hydrogen) atoms. The quantitative estimate of drug-likeness (QED) is 0.821. The first-order valence-electron chi connectivity index (χ1n) is 6.84. The number of ketones is 2. The van der Waals surface area contributed by atoms with E-state index in [1.165, 1.54) is 7.11 Å². The van der Waals surface area contributed by atoms with E-state index < -0.39 is 24.1 Å². The fourth-order valence-corrected chi connectivity index (χ4v) is 2.83. The lowest BCUT2D eigenvalue weighted by Gasteiger charge is -2.32. The predicted molar refractivity (Wildman–Crippen MR) is 74.3 cm³/mol. The summed E-state index contributed by atoms with van der Waals surface area (Å²) in [7, 11) is 1.25. The maximum Gasteiger partial charge on any atom is 0.308 e. The molecule has 1 heterocycles. The van der Waals surface area contributed by atoms with E-state index in [-0.39, 0.29) is 35.3 Å². The molecule has 1 aromatic rings. The van der Waals surface area contributed by atoms with Gasteiger partial charge in [0.2, 0.25) is 0 Å². The Kier molecular flexibility index (Phi) is 3.64. The first kappa shape index (κ1) is 14.6. The predicted octanol–water partition coefficient (Wildman–Crippen LogP) is 1.03. The van der Waals surface area contributed by atoms with Gasteiger partial charge in [0.25, 0.3) is 0 Å². The highest BCUT2D eigenvalue weighted by molar-refractivity contribution is 6.27. The number of carbonyl (C=O) groups is 3. The Morgan fingerprint density at radius 3 is 2.55 bits per heavy atom. The molecule has 0 amide bonds. The highest BCUT2D eigenvalue weighted by atomic mass is 16.6. The van der Waals surface area contributed by atoms with Crippen molar-refractivity contribution in [2.45, 2.75) is 25.2 Å². The molecule has 0 saturated carbocycles. The summed E-state index contributed by atoms with van der Waals surface area (Å²) in [4.78, 5) is 36.3. The average molecular weight is 302 g/mol. The van der Waals surface area contributed by atoms with Gasteiger partial charge in [0.05, 0.1) is 25.2 Å². The van der Waals surface area contributed by atoms with E-state index in [0.29, 0.717) is 5.56 Å². The van der Waals surface area contributed by atoms with Crippen LogP contribution in [0.15, 0.2) is 35.4 Å². The van der Waals surface area contributed by atoms with Gasteiger partial charge in [-0.25, -0.2) is 0 Å². The number of Topliss-reactive ketones (excluding diaryl/α,β-unsaturated/α-hetero) is 2. The van der Waals surface area contributed by atoms with Crippen molar-refractivity contribution in [1.29, 1.82) is 0 Å². The highest BCUT2D eigenvalue weighted by Gasteiger charge is 2.41. The zero-order valence-corrected chi connectivity index (χ0v) is 11.9. The Bertz CT molecular complexity index is 702. The lowest BCUT2D eigenvalue weighted by Crippen LogP contribution is -2.39. The van der Waals surface area contributed by atoms with Crippen LogP contribution >= 0.6 is 0 Å². The molecule has 6 heteroatoms. The monoisotopic (exact) mass is 302 g/mol. The smallest absolute Gasteiger partial charge is 0.308 e. The summed E-state index contributed by atoms with van der Waals surface area (Å²) in [5.74, 6) is -1.21. The number of rotatable bonds is 2. The maximum atomic E-state index is 12.6. The van der Waals surface area contributed by atoms with Crippen molar-refractivity contribution in [2.24, 2.45) is 0 Å². The minimum Gasteiger partial charge on any atom is -0.469 e. The summed E-state index contributed by atoms with van der Waals surface area (Å²) in [5.41, 5.74) is 0.777. The lowest BCUT2D eigenvalue weighted by molar-refractivity contribution is -0.153. The van der Waals surface area contributed by atoms with Crippen molar-refractivity contribution >= 4 is 17.5 Å². The van der Waals surface area contributed by atoms with Crippen LogP contribution in [-0.4, -0.2) is 42.1 Å². The molecular formula is C16H14O6. The number of fused-ring (bicyclic) bond motifs is 1. The molecule has 0 radical (unpaired) electrons. The summed E-state index contributed by atoms with van der Waals surface area (Å²) in [5, 5.41) is 10.1. The number of aliphatic hydroxyl groups is 1. The van der Waals surface area contributed by atoms with Crippen LogP contribution < -0.4 is 0 Å². The molecule has 0 spiro atoms. The van der Waals surface area contributed by atoms with Gasteiger partial charge in [0.15, 0.2) is 17.9 Å². The maximum absolute atomic E-state index is 12.6. The Morgan fingerprint density at radius 1 is 1.27 bits per heavy atom. The van der Waals surface area contributed by atoms with Gasteiger partial charge in [-0.05, 0) is 0 Å². The van der Waals surface area contributed by atoms with Crippen LogP contribution in [0.5, 0.6) is 0 Å². The van der Waals surface area contributed by atoms with Crippen molar-refractivity contribution < 1.29 is 29.0 Å². The molecular weight excluding hydrogens is 288 g/mol. The lowest BCUT2D eigenvalue weighted by atomic mass is 9.80. The molecule has 2 atom stereocenters. The van der Waals surface area contributed by atoms with Gasteiger partial charge in [0.1, 0.15) is 0 Å². The Balaban J connectivity index is 1.98. The molecule has 0 saturated heterocycles. The normalized spacial score (nSPS) is 23.9. The van der Waals surface area contributed by atoms with E-state index in [4.69, 9.17) is 4.74 Å². The summed E-state index contributed by atoms with van der Waals surface area (Å²) in [6.07, 6.45) is -2.19. The highest BCUT2D eigenvalue weighted by Crippen LogP contribution is 2.35. The fraction of sp³-hybridized carbons (Fsp3) is 0.312. The Labute approximate surface area is 126 Å². The van der Waals surface area contributed by atoms with Crippen molar-refractivity contribution in [3.05, 3.63) is 46.5 Å². The number of aliphatic hydroxyl groups excluding tert-OH is 1. The van der Waals surface area contributed by atoms with E-state index in [9.17, 15) is 19.5 Å². The molecule has 1 N–H and O–H groups in total.